The number of carbonyl (C=O) groups is 1. The van der Waals surface area contributed by atoms with Crippen molar-refractivity contribution >= 4 is 11.6 Å². The molecule has 0 aliphatic carbocycles. The Bertz CT molecular complexity index is 506. The van der Waals surface area contributed by atoms with Crippen molar-refractivity contribution in [3.63, 3.8) is 0 Å². The van der Waals surface area contributed by atoms with Crippen molar-refractivity contribution in [1.82, 2.24) is 10.6 Å². The third kappa shape index (κ3) is 2.63. The predicted octanol–water partition coefficient (Wildman–Crippen LogP) is 1.51. The molecule has 2 rings (SSSR count). The van der Waals surface area contributed by atoms with Crippen LogP contribution in [0.4, 0.5) is 10.1 Å². The van der Waals surface area contributed by atoms with Crippen LogP contribution in [0.5, 0.6) is 0 Å². The molecule has 1 aromatic carbocycles. The van der Waals surface area contributed by atoms with Gasteiger partial charge in [0.2, 0.25) is 5.91 Å². The van der Waals surface area contributed by atoms with Crippen LogP contribution in [0.25, 0.3) is 0 Å². The van der Waals surface area contributed by atoms with Crippen molar-refractivity contribution in [3.8, 4) is 0 Å². The maximum Gasteiger partial charge on any atom is 0.227 e. The Hall–Kier alpha value is -1.62. The molecule has 1 aliphatic heterocycles. The molecule has 5 heteroatoms. The Balaban J connectivity index is 2.28. The Morgan fingerprint density at radius 3 is 2.85 bits per heavy atom. The molecule has 1 aliphatic rings. The number of amides is 1. The molecular formula is C15H22FN3O. The lowest BCUT2D eigenvalue weighted by Gasteiger charge is -2.26. The topological polar surface area (TPSA) is 44.4 Å². The summed E-state index contributed by atoms with van der Waals surface area (Å²) in [5, 5.41) is 5.76. The van der Waals surface area contributed by atoms with Crippen LogP contribution in [0, 0.1) is 11.2 Å². The van der Waals surface area contributed by atoms with Crippen molar-refractivity contribution in [3.05, 3.63) is 29.6 Å². The number of nitrogens with one attached hydrogen (secondary N) is 2. The van der Waals surface area contributed by atoms with Gasteiger partial charge in [0.25, 0.3) is 0 Å². The highest BCUT2D eigenvalue weighted by atomic mass is 19.1. The number of halogens is 1. The first-order chi connectivity index (χ1) is 9.51. The van der Waals surface area contributed by atoms with Gasteiger partial charge in [0.05, 0.1) is 11.1 Å². The number of para-hydroxylation sites is 1. The summed E-state index contributed by atoms with van der Waals surface area (Å²) in [5.74, 6) is -0.203. The monoisotopic (exact) mass is 279 g/mol. The zero-order valence-corrected chi connectivity index (χ0v) is 12.3. The average molecular weight is 279 g/mol. The molecule has 4 nitrogen and oxygen atoms in total. The van der Waals surface area contributed by atoms with Crippen LogP contribution >= 0.6 is 0 Å². The maximum absolute atomic E-state index is 14.2. The van der Waals surface area contributed by atoms with Crippen LogP contribution in [-0.4, -0.2) is 33.1 Å². The summed E-state index contributed by atoms with van der Waals surface area (Å²) < 4.78 is 14.2. The molecule has 0 bridgehead atoms. The number of nitrogens with zero attached hydrogens (tertiary/aromatic N) is 1. The Morgan fingerprint density at radius 2 is 2.20 bits per heavy atom. The molecule has 1 amide bonds. The van der Waals surface area contributed by atoms with E-state index in [1.807, 2.05) is 24.9 Å². The van der Waals surface area contributed by atoms with Crippen molar-refractivity contribution in [2.75, 3.05) is 32.1 Å². The summed E-state index contributed by atoms with van der Waals surface area (Å²) in [6, 6.07) is 5.12. The molecule has 1 unspecified atom stereocenters. The van der Waals surface area contributed by atoms with E-state index in [1.165, 1.54) is 6.07 Å². The van der Waals surface area contributed by atoms with Gasteiger partial charge in [-0.1, -0.05) is 12.1 Å². The number of hydrogen-bond acceptors (Lipinski definition) is 3. The second-order valence-corrected chi connectivity index (χ2v) is 5.59. The van der Waals surface area contributed by atoms with E-state index in [4.69, 9.17) is 0 Å². The summed E-state index contributed by atoms with van der Waals surface area (Å²) in [6.07, 6.45) is 0.736. The van der Waals surface area contributed by atoms with E-state index in [1.54, 1.807) is 13.1 Å². The zero-order chi connectivity index (χ0) is 14.8. The van der Waals surface area contributed by atoms with E-state index in [9.17, 15) is 9.18 Å². The van der Waals surface area contributed by atoms with Crippen LogP contribution in [0.15, 0.2) is 18.2 Å². The van der Waals surface area contributed by atoms with E-state index in [0.717, 1.165) is 12.0 Å². The first-order valence-corrected chi connectivity index (χ1v) is 6.91. The molecule has 0 spiro atoms. The minimum absolute atomic E-state index is 0.0199. The largest absolute Gasteiger partial charge is 0.368 e. The fourth-order valence-electron chi connectivity index (χ4n) is 2.89. The molecular weight excluding hydrogens is 257 g/mol. The molecule has 1 aromatic rings. The van der Waals surface area contributed by atoms with Crippen LogP contribution in [-0.2, 0) is 11.3 Å². The first kappa shape index (κ1) is 14.8. The number of hydrogen-bond donors (Lipinski definition) is 2. The number of benzene rings is 1. The van der Waals surface area contributed by atoms with Gasteiger partial charge in [-0.25, -0.2) is 4.39 Å². The highest BCUT2D eigenvalue weighted by Gasteiger charge is 2.40. The summed E-state index contributed by atoms with van der Waals surface area (Å²) in [5.41, 5.74) is 1.09. The fraction of sp³-hybridized carbons (Fsp3) is 0.533. The van der Waals surface area contributed by atoms with Gasteiger partial charge < -0.3 is 15.5 Å². The summed E-state index contributed by atoms with van der Waals surface area (Å²) >= 11 is 0. The van der Waals surface area contributed by atoms with E-state index in [-0.39, 0.29) is 11.7 Å². The van der Waals surface area contributed by atoms with Crippen LogP contribution in [0.3, 0.4) is 0 Å². The molecule has 20 heavy (non-hydrogen) atoms. The first-order valence-electron chi connectivity index (χ1n) is 6.91. The molecule has 1 fully saturated rings. The lowest BCUT2D eigenvalue weighted by atomic mass is 9.89. The van der Waals surface area contributed by atoms with Gasteiger partial charge in [0.1, 0.15) is 5.82 Å². The molecule has 1 saturated heterocycles. The molecule has 0 radical (unpaired) electrons. The Labute approximate surface area is 119 Å². The lowest BCUT2D eigenvalue weighted by molar-refractivity contribution is -0.128. The molecule has 2 N–H and O–H groups in total. The molecule has 0 aromatic heterocycles. The smallest absolute Gasteiger partial charge is 0.227 e. The lowest BCUT2D eigenvalue weighted by Crippen LogP contribution is -2.39. The highest BCUT2D eigenvalue weighted by molar-refractivity contribution is 5.83. The molecule has 1 atom stereocenters. The zero-order valence-electron chi connectivity index (χ0n) is 12.3. The molecule has 0 saturated carbocycles. The minimum Gasteiger partial charge on any atom is -0.368 e. The third-order valence-electron chi connectivity index (χ3n) is 4.00. The predicted molar refractivity (Wildman–Crippen MR) is 78.2 cm³/mol. The highest BCUT2D eigenvalue weighted by Crippen LogP contribution is 2.36. The number of rotatable bonds is 4. The van der Waals surface area contributed by atoms with E-state index < -0.39 is 5.41 Å². The summed E-state index contributed by atoms with van der Waals surface area (Å²) in [6.45, 7) is 3.79. The quantitative estimate of drug-likeness (QED) is 0.878. The van der Waals surface area contributed by atoms with Crippen molar-refractivity contribution in [1.29, 1.82) is 0 Å². The molecule has 110 valence electrons. The summed E-state index contributed by atoms with van der Waals surface area (Å²) in [7, 11) is 3.49. The van der Waals surface area contributed by atoms with Crippen LogP contribution in [0.2, 0.25) is 0 Å². The van der Waals surface area contributed by atoms with E-state index in [0.29, 0.717) is 25.3 Å². The minimum atomic E-state index is -0.450. The fourth-order valence-corrected chi connectivity index (χ4v) is 2.89. The van der Waals surface area contributed by atoms with Crippen LogP contribution < -0.4 is 15.5 Å². The maximum atomic E-state index is 14.2. The second kappa shape index (κ2) is 5.79. The van der Waals surface area contributed by atoms with E-state index in [2.05, 4.69) is 10.6 Å². The van der Waals surface area contributed by atoms with Crippen molar-refractivity contribution in [2.45, 2.75) is 19.9 Å². The summed E-state index contributed by atoms with van der Waals surface area (Å²) in [4.78, 5) is 13.9. The standard InChI is InChI=1S/C15H22FN3O/c1-15(14(20)18-3)7-8-19(10-15)13-11(9-17-2)5-4-6-12(13)16/h4-6,17H,7-10H2,1-3H3,(H,18,20). The van der Waals surface area contributed by atoms with Gasteiger partial charge in [-0.15, -0.1) is 0 Å². The second-order valence-electron chi connectivity index (χ2n) is 5.59. The number of anilines is 1. The van der Waals surface area contributed by atoms with E-state index >= 15 is 0 Å². The average Bonchev–Trinajstić information content (AvgIpc) is 2.82. The third-order valence-corrected chi connectivity index (χ3v) is 4.00. The van der Waals surface area contributed by atoms with Gasteiger partial charge in [-0.05, 0) is 32.0 Å². The number of carbonyl (C=O) groups excluding carboxylic acids is 1. The SMILES string of the molecule is CNCc1cccc(F)c1N1CCC(C)(C(=O)NC)C1. The van der Waals surface area contributed by atoms with Gasteiger partial charge in [0, 0.05) is 26.7 Å². The normalized spacial score (nSPS) is 22.1. The van der Waals surface area contributed by atoms with Crippen molar-refractivity contribution in [2.24, 2.45) is 5.41 Å². The van der Waals surface area contributed by atoms with Gasteiger partial charge >= 0.3 is 0 Å². The van der Waals surface area contributed by atoms with Gasteiger partial charge in [0.15, 0.2) is 0 Å². The van der Waals surface area contributed by atoms with Crippen molar-refractivity contribution < 1.29 is 9.18 Å². The Kier molecular flexibility index (Phi) is 4.28. The molecule has 1 heterocycles. The Morgan fingerprint density at radius 1 is 1.45 bits per heavy atom. The van der Waals surface area contributed by atoms with Gasteiger partial charge in [-0.3, -0.25) is 4.79 Å². The van der Waals surface area contributed by atoms with Gasteiger partial charge in [-0.2, -0.15) is 0 Å². The van der Waals surface area contributed by atoms with Crippen LogP contribution in [0.1, 0.15) is 18.9 Å².